The van der Waals surface area contributed by atoms with Crippen LogP contribution in [0.25, 0.3) is 0 Å². The molecule has 2 heteroatoms. The average Bonchev–Trinajstić information content (AvgIpc) is 2.25. The fourth-order valence-electron chi connectivity index (χ4n) is 1.08. The van der Waals surface area contributed by atoms with Gasteiger partial charge in [0.05, 0.1) is 5.71 Å². The minimum Gasteiger partial charge on any atom is -0.396 e. The largest absolute Gasteiger partial charge is 0.396 e. The van der Waals surface area contributed by atoms with E-state index >= 15 is 0 Å². The molecule has 76 valence electrons. The van der Waals surface area contributed by atoms with Gasteiger partial charge in [0.15, 0.2) is 0 Å². The molecule has 0 saturated heterocycles. The predicted octanol–water partition coefficient (Wildman–Crippen LogP) is 3.23. The molecule has 0 bridgehead atoms. The van der Waals surface area contributed by atoms with E-state index in [9.17, 15) is 0 Å². The number of rotatable bonds is 5. The predicted molar refractivity (Wildman–Crippen MR) is 59.5 cm³/mol. The van der Waals surface area contributed by atoms with Crippen LogP contribution in [0.5, 0.6) is 0 Å². The van der Waals surface area contributed by atoms with Crippen molar-refractivity contribution >= 4 is 5.71 Å². The summed E-state index contributed by atoms with van der Waals surface area (Å²) in [6, 6.07) is 10.1. The second kappa shape index (κ2) is 6.19. The molecule has 1 aromatic carbocycles. The van der Waals surface area contributed by atoms with Crippen molar-refractivity contribution < 1.29 is 4.84 Å². The Morgan fingerprint density at radius 2 is 2.00 bits per heavy atom. The van der Waals surface area contributed by atoms with Crippen molar-refractivity contribution in [3.05, 3.63) is 35.9 Å². The van der Waals surface area contributed by atoms with E-state index in [-0.39, 0.29) is 0 Å². The molecule has 0 spiro atoms. The lowest BCUT2D eigenvalue weighted by Crippen LogP contribution is -1.96. The van der Waals surface area contributed by atoms with Gasteiger partial charge in [-0.25, -0.2) is 0 Å². The molecule has 0 heterocycles. The van der Waals surface area contributed by atoms with E-state index in [1.807, 2.05) is 37.3 Å². The van der Waals surface area contributed by atoms with Gasteiger partial charge in [0, 0.05) is 0 Å². The van der Waals surface area contributed by atoms with Gasteiger partial charge in [-0.3, -0.25) is 0 Å². The summed E-state index contributed by atoms with van der Waals surface area (Å²) in [5.41, 5.74) is 2.05. The minimum absolute atomic E-state index is 0.709. The first kappa shape index (κ1) is 10.8. The summed E-state index contributed by atoms with van der Waals surface area (Å²) in [6.45, 7) is 4.80. The Bertz CT molecular complexity index is 280. The third kappa shape index (κ3) is 3.60. The maximum Gasteiger partial charge on any atom is 0.117 e. The van der Waals surface area contributed by atoms with Crippen LogP contribution in [0.4, 0.5) is 0 Å². The monoisotopic (exact) mass is 191 g/mol. The van der Waals surface area contributed by atoms with E-state index in [1.54, 1.807) is 0 Å². The van der Waals surface area contributed by atoms with Crippen LogP contribution in [-0.4, -0.2) is 12.3 Å². The molecule has 0 aliphatic rings. The average molecular weight is 191 g/mol. The zero-order valence-corrected chi connectivity index (χ0v) is 8.86. The van der Waals surface area contributed by atoms with Crippen LogP contribution in [0.1, 0.15) is 32.3 Å². The van der Waals surface area contributed by atoms with Gasteiger partial charge in [-0.2, -0.15) is 0 Å². The number of hydrogen-bond acceptors (Lipinski definition) is 2. The van der Waals surface area contributed by atoms with Gasteiger partial charge in [-0.05, 0) is 18.9 Å². The highest BCUT2D eigenvalue weighted by atomic mass is 16.6. The standard InChI is InChI=1S/C12H17NO/c1-3-4-10-14-13-11(2)12-8-6-5-7-9-12/h5-9H,3-4,10H2,1-2H3. The molecule has 0 atom stereocenters. The number of oxime groups is 1. The second-order valence-corrected chi connectivity index (χ2v) is 3.23. The fraction of sp³-hybridized carbons (Fsp3) is 0.417. The molecule has 0 aliphatic carbocycles. The molecular formula is C12H17NO. The van der Waals surface area contributed by atoms with Gasteiger partial charge in [-0.15, -0.1) is 0 Å². The first-order valence-electron chi connectivity index (χ1n) is 5.06. The molecule has 14 heavy (non-hydrogen) atoms. The van der Waals surface area contributed by atoms with Crippen molar-refractivity contribution in [3.63, 3.8) is 0 Å². The molecule has 0 fully saturated rings. The number of unbranched alkanes of at least 4 members (excludes halogenated alkanes) is 1. The summed E-state index contributed by atoms with van der Waals surface area (Å²) in [4.78, 5) is 5.18. The molecule has 0 amide bonds. The molecule has 2 nitrogen and oxygen atoms in total. The van der Waals surface area contributed by atoms with Gasteiger partial charge >= 0.3 is 0 Å². The molecule has 0 radical (unpaired) electrons. The number of hydrogen-bond donors (Lipinski definition) is 0. The highest BCUT2D eigenvalue weighted by Gasteiger charge is 1.95. The summed E-state index contributed by atoms with van der Waals surface area (Å²) >= 11 is 0. The molecule has 1 rings (SSSR count). The molecule has 0 aliphatic heterocycles. The van der Waals surface area contributed by atoms with E-state index in [2.05, 4.69) is 12.1 Å². The van der Waals surface area contributed by atoms with Crippen LogP contribution < -0.4 is 0 Å². The van der Waals surface area contributed by atoms with Crippen LogP contribution in [-0.2, 0) is 4.84 Å². The van der Waals surface area contributed by atoms with E-state index in [0.29, 0.717) is 6.61 Å². The lowest BCUT2D eigenvalue weighted by molar-refractivity contribution is 0.141. The topological polar surface area (TPSA) is 21.6 Å². The van der Waals surface area contributed by atoms with Crippen molar-refractivity contribution in [3.8, 4) is 0 Å². The van der Waals surface area contributed by atoms with Crippen molar-refractivity contribution in [2.45, 2.75) is 26.7 Å². The van der Waals surface area contributed by atoms with E-state index < -0.39 is 0 Å². The Morgan fingerprint density at radius 3 is 2.64 bits per heavy atom. The normalized spacial score (nSPS) is 11.4. The van der Waals surface area contributed by atoms with Gasteiger partial charge in [0.25, 0.3) is 0 Å². The van der Waals surface area contributed by atoms with Crippen LogP contribution in [0.3, 0.4) is 0 Å². The summed E-state index contributed by atoms with van der Waals surface area (Å²) in [6.07, 6.45) is 2.20. The first-order chi connectivity index (χ1) is 6.84. The van der Waals surface area contributed by atoms with Crippen molar-refractivity contribution in [2.24, 2.45) is 5.16 Å². The third-order valence-corrected chi connectivity index (χ3v) is 1.98. The maximum atomic E-state index is 5.18. The van der Waals surface area contributed by atoms with Crippen LogP contribution in [0.2, 0.25) is 0 Å². The summed E-state index contributed by atoms with van der Waals surface area (Å²) in [5.74, 6) is 0. The quantitative estimate of drug-likeness (QED) is 0.398. The van der Waals surface area contributed by atoms with Crippen molar-refractivity contribution in [2.75, 3.05) is 6.61 Å². The fourth-order valence-corrected chi connectivity index (χ4v) is 1.08. The summed E-state index contributed by atoms with van der Waals surface area (Å²) in [7, 11) is 0. The van der Waals surface area contributed by atoms with Crippen molar-refractivity contribution in [1.29, 1.82) is 0 Å². The van der Waals surface area contributed by atoms with Crippen LogP contribution in [0, 0.1) is 0 Å². The zero-order chi connectivity index (χ0) is 10.2. The van der Waals surface area contributed by atoms with Gasteiger partial charge in [0.2, 0.25) is 0 Å². The maximum absolute atomic E-state index is 5.18. The Morgan fingerprint density at radius 1 is 1.29 bits per heavy atom. The number of nitrogens with zero attached hydrogens (tertiary/aromatic N) is 1. The van der Waals surface area contributed by atoms with Gasteiger partial charge in [-0.1, -0.05) is 48.8 Å². The molecule has 0 unspecified atom stereocenters. The molecule has 0 saturated carbocycles. The first-order valence-corrected chi connectivity index (χ1v) is 5.06. The highest BCUT2D eigenvalue weighted by molar-refractivity contribution is 5.98. The van der Waals surface area contributed by atoms with E-state index in [4.69, 9.17) is 4.84 Å². The molecule has 0 N–H and O–H groups in total. The van der Waals surface area contributed by atoms with Gasteiger partial charge in [0.1, 0.15) is 6.61 Å². The van der Waals surface area contributed by atoms with Gasteiger partial charge < -0.3 is 4.84 Å². The molecule has 1 aromatic rings. The van der Waals surface area contributed by atoms with Crippen LogP contribution >= 0.6 is 0 Å². The molecule has 0 aromatic heterocycles. The Labute approximate surface area is 85.6 Å². The third-order valence-electron chi connectivity index (χ3n) is 1.98. The lowest BCUT2D eigenvalue weighted by Gasteiger charge is -2.01. The summed E-state index contributed by atoms with van der Waals surface area (Å²) in [5, 5.41) is 4.05. The minimum atomic E-state index is 0.709. The SMILES string of the molecule is CCCCON=C(C)c1ccccc1. The molecular weight excluding hydrogens is 174 g/mol. The lowest BCUT2D eigenvalue weighted by atomic mass is 10.1. The Balaban J connectivity index is 2.44. The van der Waals surface area contributed by atoms with Crippen molar-refractivity contribution in [1.82, 2.24) is 0 Å². The van der Waals surface area contributed by atoms with E-state index in [0.717, 1.165) is 24.1 Å². The smallest absolute Gasteiger partial charge is 0.117 e. The highest BCUT2D eigenvalue weighted by Crippen LogP contribution is 2.01. The Kier molecular flexibility index (Phi) is 4.76. The van der Waals surface area contributed by atoms with Crippen LogP contribution in [0.15, 0.2) is 35.5 Å². The zero-order valence-electron chi connectivity index (χ0n) is 8.86. The van der Waals surface area contributed by atoms with E-state index in [1.165, 1.54) is 0 Å². The Hall–Kier alpha value is -1.31. The second-order valence-electron chi connectivity index (χ2n) is 3.23. The summed E-state index contributed by atoms with van der Waals surface area (Å²) < 4.78 is 0. The number of benzene rings is 1.